The fourth-order valence-electron chi connectivity index (χ4n) is 3.20. The summed E-state index contributed by atoms with van der Waals surface area (Å²) in [4.78, 5) is 12.9. The molecule has 9 heteroatoms. The van der Waals surface area contributed by atoms with Crippen molar-refractivity contribution in [3.63, 3.8) is 0 Å². The molecule has 1 aliphatic heterocycles. The first-order valence-corrected chi connectivity index (χ1v) is 9.59. The van der Waals surface area contributed by atoms with Crippen LogP contribution in [0, 0.1) is 10.1 Å². The van der Waals surface area contributed by atoms with Crippen LogP contribution in [0.15, 0.2) is 41.0 Å². The summed E-state index contributed by atoms with van der Waals surface area (Å²) < 4.78 is 5.62. The third-order valence-corrected chi connectivity index (χ3v) is 5.14. The molecule has 1 aromatic heterocycles. The first-order valence-electron chi connectivity index (χ1n) is 8.81. The fourth-order valence-corrected chi connectivity index (χ4v) is 3.56. The molecule has 7 nitrogen and oxygen atoms in total. The average Bonchev–Trinajstić information content (AvgIpc) is 3.19. The molecule has 27 heavy (non-hydrogen) atoms. The summed E-state index contributed by atoms with van der Waals surface area (Å²) in [5.74, 6) is 0.889. The van der Waals surface area contributed by atoms with Crippen LogP contribution in [0.3, 0.4) is 0 Å². The van der Waals surface area contributed by atoms with Crippen LogP contribution in [-0.4, -0.2) is 34.6 Å². The van der Waals surface area contributed by atoms with Crippen LogP contribution in [0.25, 0.3) is 0 Å². The molecule has 2 heterocycles. The summed E-state index contributed by atoms with van der Waals surface area (Å²) in [7, 11) is 0. The lowest BCUT2D eigenvalue weighted by atomic mass is 10.1. The Hall–Kier alpha value is -2.16. The Morgan fingerprint density at radius 2 is 2.11 bits per heavy atom. The van der Waals surface area contributed by atoms with Crippen molar-refractivity contribution in [2.45, 2.75) is 25.3 Å². The first kappa shape index (κ1) is 19.6. The Kier molecular flexibility index (Phi) is 6.65. The summed E-state index contributed by atoms with van der Waals surface area (Å²) in [6.45, 7) is 2.60. The molecule has 0 amide bonds. The molecule has 1 aliphatic rings. The highest BCUT2D eigenvalue weighted by Gasteiger charge is 2.24. The number of nitro benzene ring substituents is 1. The molecule has 1 saturated heterocycles. The van der Waals surface area contributed by atoms with Crippen molar-refractivity contribution < 1.29 is 9.34 Å². The molecule has 3 rings (SSSR count). The van der Waals surface area contributed by atoms with Crippen LogP contribution >= 0.6 is 23.8 Å². The normalized spacial score (nSPS) is 15.9. The van der Waals surface area contributed by atoms with Gasteiger partial charge >= 0.3 is 0 Å². The Labute approximate surface area is 167 Å². The second kappa shape index (κ2) is 9.16. The minimum absolute atomic E-state index is 0.0496. The second-order valence-corrected chi connectivity index (χ2v) is 7.20. The van der Waals surface area contributed by atoms with Gasteiger partial charge in [0.15, 0.2) is 5.11 Å². The zero-order valence-electron chi connectivity index (χ0n) is 14.7. The molecule has 0 saturated carbocycles. The van der Waals surface area contributed by atoms with E-state index in [0.717, 1.165) is 18.8 Å². The summed E-state index contributed by atoms with van der Waals surface area (Å²) in [6.07, 6.45) is 5.26. The molecule has 0 bridgehead atoms. The Bertz CT molecular complexity index is 794. The van der Waals surface area contributed by atoms with E-state index in [1.807, 2.05) is 12.1 Å². The van der Waals surface area contributed by atoms with Gasteiger partial charge in [0.1, 0.15) is 5.76 Å². The van der Waals surface area contributed by atoms with Gasteiger partial charge in [-0.25, -0.2) is 0 Å². The third-order valence-electron chi connectivity index (χ3n) is 4.57. The van der Waals surface area contributed by atoms with Crippen LogP contribution in [0.2, 0.25) is 5.02 Å². The largest absolute Gasteiger partial charge is 0.468 e. The van der Waals surface area contributed by atoms with E-state index in [0.29, 0.717) is 22.4 Å². The topological polar surface area (TPSA) is 83.6 Å². The maximum atomic E-state index is 10.9. The number of piperidine rings is 1. The third kappa shape index (κ3) is 5.18. The molecule has 1 aromatic carbocycles. The van der Waals surface area contributed by atoms with Crippen molar-refractivity contribution in [1.82, 2.24) is 10.2 Å². The number of benzene rings is 1. The van der Waals surface area contributed by atoms with Gasteiger partial charge in [-0.2, -0.15) is 0 Å². The van der Waals surface area contributed by atoms with Gasteiger partial charge in [0, 0.05) is 18.7 Å². The first-order chi connectivity index (χ1) is 13.0. The smallest absolute Gasteiger partial charge is 0.271 e. The van der Waals surface area contributed by atoms with E-state index in [4.69, 9.17) is 28.2 Å². The van der Waals surface area contributed by atoms with Crippen molar-refractivity contribution in [2.75, 3.05) is 25.0 Å². The minimum Gasteiger partial charge on any atom is -0.468 e. The minimum atomic E-state index is -0.471. The number of nitrogens with zero attached hydrogens (tertiary/aromatic N) is 2. The maximum Gasteiger partial charge on any atom is 0.271 e. The predicted molar refractivity (Wildman–Crippen MR) is 109 cm³/mol. The number of nitrogens with one attached hydrogen (secondary N) is 2. The number of hydrogen-bond donors (Lipinski definition) is 2. The molecule has 0 unspecified atom stereocenters. The SMILES string of the molecule is O=[N+]([O-])c1ccc(Cl)c(NC(=S)NC[C@@H](c2ccco2)N2CCCCC2)c1. The van der Waals surface area contributed by atoms with Gasteiger partial charge < -0.3 is 15.1 Å². The summed E-state index contributed by atoms with van der Waals surface area (Å²) in [5, 5.41) is 17.8. The molecule has 0 aliphatic carbocycles. The van der Waals surface area contributed by atoms with Gasteiger partial charge in [-0.3, -0.25) is 15.0 Å². The summed E-state index contributed by atoms with van der Waals surface area (Å²) in [5.41, 5.74) is 0.349. The van der Waals surface area contributed by atoms with E-state index in [2.05, 4.69) is 15.5 Å². The van der Waals surface area contributed by atoms with Crippen LogP contribution < -0.4 is 10.6 Å². The van der Waals surface area contributed by atoms with Gasteiger partial charge in [-0.15, -0.1) is 0 Å². The number of furan rings is 1. The van der Waals surface area contributed by atoms with Gasteiger partial charge in [0.05, 0.1) is 27.9 Å². The molecule has 0 spiro atoms. The number of hydrogen-bond acceptors (Lipinski definition) is 5. The van der Waals surface area contributed by atoms with E-state index in [1.165, 1.54) is 37.5 Å². The highest BCUT2D eigenvalue weighted by atomic mass is 35.5. The average molecular weight is 409 g/mol. The van der Waals surface area contributed by atoms with E-state index in [9.17, 15) is 10.1 Å². The molecule has 144 valence electrons. The van der Waals surface area contributed by atoms with Crippen LogP contribution in [0.4, 0.5) is 11.4 Å². The number of nitro groups is 1. The van der Waals surface area contributed by atoms with E-state index in [-0.39, 0.29) is 11.7 Å². The van der Waals surface area contributed by atoms with E-state index in [1.54, 1.807) is 6.26 Å². The predicted octanol–water partition coefficient (Wildman–Crippen LogP) is 4.35. The Balaban J connectivity index is 1.64. The van der Waals surface area contributed by atoms with E-state index < -0.39 is 4.92 Å². The lowest BCUT2D eigenvalue weighted by Gasteiger charge is -2.33. The van der Waals surface area contributed by atoms with Crippen molar-refractivity contribution >= 4 is 40.3 Å². The van der Waals surface area contributed by atoms with Crippen LogP contribution in [0.1, 0.15) is 31.1 Å². The van der Waals surface area contributed by atoms with Crippen LogP contribution in [0.5, 0.6) is 0 Å². The summed E-state index contributed by atoms with van der Waals surface area (Å²) >= 11 is 11.5. The summed E-state index contributed by atoms with van der Waals surface area (Å²) in [6, 6.07) is 8.11. The molecule has 1 fully saturated rings. The van der Waals surface area contributed by atoms with Gasteiger partial charge in [-0.1, -0.05) is 18.0 Å². The van der Waals surface area contributed by atoms with Gasteiger partial charge in [-0.05, 0) is 56.3 Å². The highest BCUT2D eigenvalue weighted by Crippen LogP contribution is 2.27. The monoisotopic (exact) mass is 408 g/mol. The molecule has 1 atom stereocenters. The molecular weight excluding hydrogens is 388 g/mol. The van der Waals surface area contributed by atoms with Crippen molar-refractivity contribution in [3.05, 3.63) is 57.5 Å². The highest BCUT2D eigenvalue weighted by molar-refractivity contribution is 7.80. The number of thiocarbonyl (C=S) groups is 1. The Morgan fingerprint density at radius 3 is 2.78 bits per heavy atom. The molecule has 0 radical (unpaired) electrons. The van der Waals surface area contributed by atoms with Gasteiger partial charge in [0.2, 0.25) is 0 Å². The maximum absolute atomic E-state index is 10.9. The number of halogens is 1. The standard InChI is InChI=1S/C18H21ClN4O3S/c19-14-7-6-13(23(24)25)11-15(14)21-18(27)20-12-16(17-5-4-10-26-17)22-8-2-1-3-9-22/h4-7,10-11,16H,1-3,8-9,12H2,(H2,20,21,27)/t16-/m0/s1. The van der Waals surface area contributed by atoms with Crippen molar-refractivity contribution in [3.8, 4) is 0 Å². The number of anilines is 1. The number of rotatable bonds is 6. The number of non-ortho nitro benzene ring substituents is 1. The molecule has 2 N–H and O–H groups in total. The lowest BCUT2D eigenvalue weighted by Crippen LogP contribution is -2.41. The lowest BCUT2D eigenvalue weighted by molar-refractivity contribution is -0.384. The van der Waals surface area contributed by atoms with E-state index >= 15 is 0 Å². The molecule has 2 aromatic rings. The Morgan fingerprint density at radius 1 is 1.33 bits per heavy atom. The number of likely N-dealkylation sites (tertiary alicyclic amines) is 1. The zero-order chi connectivity index (χ0) is 19.2. The van der Waals surface area contributed by atoms with Crippen LogP contribution in [-0.2, 0) is 0 Å². The van der Waals surface area contributed by atoms with Gasteiger partial charge in [0.25, 0.3) is 5.69 Å². The van der Waals surface area contributed by atoms with Crippen molar-refractivity contribution in [1.29, 1.82) is 0 Å². The zero-order valence-corrected chi connectivity index (χ0v) is 16.3. The van der Waals surface area contributed by atoms with Crippen molar-refractivity contribution in [2.24, 2.45) is 0 Å². The quantitative estimate of drug-likeness (QED) is 0.417. The second-order valence-electron chi connectivity index (χ2n) is 6.38. The molecular formula is C18H21ClN4O3S. The fraction of sp³-hybridized carbons (Fsp3) is 0.389.